The SMILES string of the molecule is CCCC1CCC2CC(C3CCC(c4cc(F)c(Cl)c(F)c4)CC3)CCC2C1. The van der Waals surface area contributed by atoms with E-state index in [0.717, 1.165) is 48.0 Å². The molecule has 4 rings (SSSR count). The van der Waals surface area contributed by atoms with Gasteiger partial charge in [0.2, 0.25) is 0 Å². The number of fused-ring (bicyclic) bond motifs is 1. The second-order valence-corrected chi connectivity index (χ2v) is 10.3. The summed E-state index contributed by atoms with van der Waals surface area (Å²) in [5.74, 6) is 3.75. The summed E-state index contributed by atoms with van der Waals surface area (Å²) in [6.45, 7) is 2.33. The molecule has 0 heterocycles. The molecule has 0 amide bonds. The predicted molar refractivity (Wildman–Crippen MR) is 113 cm³/mol. The lowest BCUT2D eigenvalue weighted by Crippen LogP contribution is -2.34. The third-order valence-corrected chi connectivity index (χ3v) is 8.74. The molecule has 156 valence electrons. The summed E-state index contributed by atoms with van der Waals surface area (Å²) in [5, 5.41) is -0.372. The van der Waals surface area contributed by atoms with Crippen molar-refractivity contribution in [3.8, 4) is 0 Å². The molecule has 0 spiro atoms. The lowest BCUT2D eigenvalue weighted by atomic mass is 9.60. The zero-order valence-electron chi connectivity index (χ0n) is 17.2. The van der Waals surface area contributed by atoms with E-state index in [9.17, 15) is 8.78 Å². The first-order valence-electron chi connectivity index (χ1n) is 11.7. The van der Waals surface area contributed by atoms with Crippen LogP contribution in [0.2, 0.25) is 5.02 Å². The molecule has 28 heavy (non-hydrogen) atoms. The Balaban J connectivity index is 1.30. The second kappa shape index (κ2) is 9.02. The fourth-order valence-corrected chi connectivity index (χ4v) is 6.97. The zero-order chi connectivity index (χ0) is 19.7. The Bertz CT molecular complexity index is 642. The van der Waals surface area contributed by atoms with E-state index in [2.05, 4.69) is 6.92 Å². The Morgan fingerprint density at radius 1 is 0.786 bits per heavy atom. The van der Waals surface area contributed by atoms with Crippen LogP contribution in [0.1, 0.15) is 95.5 Å². The van der Waals surface area contributed by atoms with Gasteiger partial charge in [-0.25, -0.2) is 8.78 Å². The van der Waals surface area contributed by atoms with Gasteiger partial charge in [-0.05, 0) is 111 Å². The van der Waals surface area contributed by atoms with E-state index in [1.807, 2.05) is 0 Å². The summed E-state index contributed by atoms with van der Waals surface area (Å²) in [7, 11) is 0. The molecular weight excluding hydrogens is 374 g/mol. The van der Waals surface area contributed by atoms with Gasteiger partial charge in [-0.1, -0.05) is 37.8 Å². The molecule has 0 aromatic heterocycles. The van der Waals surface area contributed by atoms with E-state index in [0.29, 0.717) is 5.92 Å². The third-order valence-electron chi connectivity index (χ3n) is 8.38. The minimum absolute atomic E-state index is 0.290. The molecule has 0 nitrogen and oxygen atoms in total. The molecule has 3 aliphatic rings. The Morgan fingerprint density at radius 2 is 1.32 bits per heavy atom. The maximum absolute atomic E-state index is 13.8. The Hall–Kier alpha value is -0.630. The van der Waals surface area contributed by atoms with Crippen LogP contribution in [0.3, 0.4) is 0 Å². The monoisotopic (exact) mass is 408 g/mol. The summed E-state index contributed by atoms with van der Waals surface area (Å²) in [4.78, 5) is 0. The van der Waals surface area contributed by atoms with E-state index in [4.69, 9.17) is 11.6 Å². The van der Waals surface area contributed by atoms with Crippen LogP contribution in [0.15, 0.2) is 12.1 Å². The molecule has 3 fully saturated rings. The van der Waals surface area contributed by atoms with Crippen molar-refractivity contribution in [1.29, 1.82) is 0 Å². The van der Waals surface area contributed by atoms with Gasteiger partial charge in [0.1, 0.15) is 16.7 Å². The first-order chi connectivity index (χ1) is 13.5. The summed E-state index contributed by atoms with van der Waals surface area (Å²) in [5.41, 5.74) is 0.802. The van der Waals surface area contributed by atoms with E-state index in [1.54, 1.807) is 0 Å². The predicted octanol–water partition coefficient (Wildman–Crippen LogP) is 8.52. The maximum Gasteiger partial charge on any atom is 0.145 e. The third kappa shape index (κ3) is 4.42. The van der Waals surface area contributed by atoms with Crippen LogP contribution in [-0.2, 0) is 0 Å². The van der Waals surface area contributed by atoms with Crippen LogP contribution in [0.4, 0.5) is 8.78 Å². The normalized spacial score (nSPS) is 36.1. The fourth-order valence-electron chi connectivity index (χ4n) is 6.86. The van der Waals surface area contributed by atoms with Crippen LogP contribution in [0.5, 0.6) is 0 Å². The molecule has 1 aromatic carbocycles. The lowest BCUT2D eigenvalue weighted by Gasteiger charge is -2.45. The Kier molecular flexibility index (Phi) is 6.65. The summed E-state index contributed by atoms with van der Waals surface area (Å²) < 4.78 is 27.6. The van der Waals surface area contributed by atoms with Crippen LogP contribution < -0.4 is 0 Å². The zero-order valence-corrected chi connectivity index (χ0v) is 18.0. The lowest BCUT2D eigenvalue weighted by molar-refractivity contribution is 0.0618. The maximum atomic E-state index is 13.8. The van der Waals surface area contributed by atoms with Crippen molar-refractivity contribution in [2.75, 3.05) is 0 Å². The number of benzene rings is 1. The minimum atomic E-state index is -0.615. The van der Waals surface area contributed by atoms with Gasteiger partial charge >= 0.3 is 0 Å². The minimum Gasteiger partial charge on any atom is -0.205 e. The Morgan fingerprint density at radius 3 is 1.96 bits per heavy atom. The van der Waals surface area contributed by atoms with Gasteiger partial charge < -0.3 is 0 Å². The van der Waals surface area contributed by atoms with Crippen molar-refractivity contribution in [3.63, 3.8) is 0 Å². The average molecular weight is 409 g/mol. The standard InChI is InChI=1S/C25H35ClF2/c1-2-3-16-4-5-21-13-20(11-10-19(21)12-16)17-6-8-18(9-7-17)22-14-23(27)25(26)24(28)15-22/h14-21H,2-13H2,1H3. The number of hydrogen-bond donors (Lipinski definition) is 0. The second-order valence-electron chi connectivity index (χ2n) is 9.97. The van der Waals surface area contributed by atoms with Crippen molar-refractivity contribution in [2.45, 2.75) is 89.9 Å². The number of rotatable bonds is 4. The van der Waals surface area contributed by atoms with Crippen molar-refractivity contribution < 1.29 is 8.78 Å². The Labute approximate surface area is 174 Å². The number of hydrogen-bond acceptors (Lipinski definition) is 0. The molecule has 1 aromatic rings. The molecule has 4 unspecified atom stereocenters. The summed E-state index contributed by atoms with van der Waals surface area (Å²) >= 11 is 5.65. The first-order valence-corrected chi connectivity index (χ1v) is 12.1. The van der Waals surface area contributed by atoms with Gasteiger partial charge in [-0.15, -0.1) is 0 Å². The largest absolute Gasteiger partial charge is 0.205 e. The van der Waals surface area contributed by atoms with E-state index >= 15 is 0 Å². The van der Waals surface area contributed by atoms with Gasteiger partial charge in [0.05, 0.1) is 0 Å². The van der Waals surface area contributed by atoms with Gasteiger partial charge in [-0.3, -0.25) is 0 Å². The molecule has 0 bridgehead atoms. The van der Waals surface area contributed by atoms with E-state index in [1.165, 1.54) is 76.3 Å². The molecule has 0 saturated heterocycles. The molecule has 3 saturated carbocycles. The smallest absolute Gasteiger partial charge is 0.145 e. The molecule has 0 N–H and O–H groups in total. The van der Waals surface area contributed by atoms with Crippen molar-refractivity contribution in [1.82, 2.24) is 0 Å². The summed E-state index contributed by atoms with van der Waals surface area (Å²) in [6.07, 6.45) is 16.1. The van der Waals surface area contributed by atoms with Crippen LogP contribution in [0, 0.1) is 41.2 Å². The first kappa shape index (κ1) is 20.6. The molecule has 0 aliphatic heterocycles. The molecular formula is C25H35ClF2. The molecule has 0 radical (unpaired) electrons. The average Bonchev–Trinajstić information content (AvgIpc) is 2.71. The van der Waals surface area contributed by atoms with Crippen LogP contribution in [0.25, 0.3) is 0 Å². The van der Waals surface area contributed by atoms with Gasteiger partial charge in [0.25, 0.3) is 0 Å². The highest BCUT2D eigenvalue weighted by molar-refractivity contribution is 6.30. The molecule has 3 heteroatoms. The highest BCUT2D eigenvalue weighted by atomic mass is 35.5. The van der Waals surface area contributed by atoms with Crippen molar-refractivity contribution in [3.05, 3.63) is 34.4 Å². The van der Waals surface area contributed by atoms with E-state index in [-0.39, 0.29) is 5.02 Å². The molecule has 3 aliphatic carbocycles. The molecule has 4 atom stereocenters. The fraction of sp³-hybridized carbons (Fsp3) is 0.760. The van der Waals surface area contributed by atoms with Gasteiger partial charge in [-0.2, -0.15) is 0 Å². The van der Waals surface area contributed by atoms with E-state index < -0.39 is 11.6 Å². The van der Waals surface area contributed by atoms with Gasteiger partial charge in [0, 0.05) is 0 Å². The van der Waals surface area contributed by atoms with Crippen molar-refractivity contribution >= 4 is 11.6 Å². The van der Waals surface area contributed by atoms with Crippen molar-refractivity contribution in [2.24, 2.45) is 29.6 Å². The highest BCUT2D eigenvalue weighted by Crippen LogP contribution is 2.50. The summed E-state index contributed by atoms with van der Waals surface area (Å²) in [6, 6.07) is 2.91. The van der Waals surface area contributed by atoms with Gasteiger partial charge in [0.15, 0.2) is 0 Å². The topological polar surface area (TPSA) is 0 Å². The van der Waals surface area contributed by atoms with Crippen LogP contribution >= 0.6 is 11.6 Å². The van der Waals surface area contributed by atoms with Crippen LogP contribution in [-0.4, -0.2) is 0 Å². The quantitative estimate of drug-likeness (QED) is 0.438. The highest BCUT2D eigenvalue weighted by Gasteiger charge is 2.38. The number of halogens is 3.